The van der Waals surface area contributed by atoms with Crippen LogP contribution in [-0.2, 0) is 13.5 Å². The van der Waals surface area contributed by atoms with Gasteiger partial charge in [-0.2, -0.15) is 0 Å². The Morgan fingerprint density at radius 3 is 2.94 bits per heavy atom. The molecule has 0 amide bonds. The molecular formula is C14H18N2O2. The summed E-state index contributed by atoms with van der Waals surface area (Å²) in [5.74, 6) is 1.75. The minimum Gasteiger partial charge on any atom is -0.497 e. The van der Waals surface area contributed by atoms with Crippen LogP contribution in [0.2, 0.25) is 0 Å². The van der Waals surface area contributed by atoms with Crippen LogP contribution < -0.4 is 4.74 Å². The van der Waals surface area contributed by atoms with Crippen molar-refractivity contribution < 1.29 is 9.84 Å². The molecule has 0 saturated carbocycles. The number of hydrogen-bond donors (Lipinski definition) is 1. The quantitative estimate of drug-likeness (QED) is 0.878. The van der Waals surface area contributed by atoms with Gasteiger partial charge in [0.05, 0.1) is 13.2 Å². The molecule has 0 aliphatic carbocycles. The average molecular weight is 246 g/mol. The molecular weight excluding hydrogens is 228 g/mol. The van der Waals surface area contributed by atoms with Crippen LogP contribution in [0.5, 0.6) is 5.75 Å². The van der Waals surface area contributed by atoms with Crippen molar-refractivity contribution in [3.05, 3.63) is 48.0 Å². The summed E-state index contributed by atoms with van der Waals surface area (Å²) in [5, 5.41) is 10.1. The number of imidazole rings is 1. The molecule has 2 rings (SSSR count). The number of methoxy groups -OCH3 is 1. The molecule has 18 heavy (non-hydrogen) atoms. The lowest BCUT2D eigenvalue weighted by Crippen LogP contribution is -2.03. The van der Waals surface area contributed by atoms with E-state index in [1.807, 2.05) is 42.1 Å². The molecule has 0 radical (unpaired) electrons. The maximum atomic E-state index is 10.1. The Hall–Kier alpha value is -1.81. The molecule has 4 heteroatoms. The van der Waals surface area contributed by atoms with Crippen molar-refractivity contribution in [1.82, 2.24) is 9.55 Å². The van der Waals surface area contributed by atoms with Gasteiger partial charge in [-0.05, 0) is 24.1 Å². The van der Waals surface area contributed by atoms with E-state index in [0.29, 0.717) is 6.42 Å². The van der Waals surface area contributed by atoms with Crippen LogP contribution in [0.4, 0.5) is 0 Å². The summed E-state index contributed by atoms with van der Waals surface area (Å²) >= 11 is 0. The number of aromatic nitrogens is 2. The number of aliphatic hydroxyl groups excluding tert-OH is 1. The highest BCUT2D eigenvalue weighted by Gasteiger charge is 2.10. The van der Waals surface area contributed by atoms with E-state index in [1.165, 1.54) is 0 Å². The fraction of sp³-hybridized carbons (Fsp3) is 0.357. The third kappa shape index (κ3) is 2.90. The van der Waals surface area contributed by atoms with Crippen molar-refractivity contribution in [2.45, 2.75) is 18.9 Å². The lowest BCUT2D eigenvalue weighted by Gasteiger charge is -2.12. The summed E-state index contributed by atoms with van der Waals surface area (Å²) in [4.78, 5) is 4.24. The second-order valence-electron chi connectivity index (χ2n) is 4.29. The molecule has 1 heterocycles. The number of ether oxygens (including phenoxy) is 1. The van der Waals surface area contributed by atoms with Gasteiger partial charge in [-0.25, -0.2) is 4.98 Å². The Labute approximate surface area is 107 Å². The van der Waals surface area contributed by atoms with Gasteiger partial charge in [0.1, 0.15) is 11.6 Å². The first-order valence-electron chi connectivity index (χ1n) is 5.99. The van der Waals surface area contributed by atoms with Gasteiger partial charge in [0, 0.05) is 25.9 Å². The molecule has 1 aromatic carbocycles. The molecule has 0 aliphatic rings. The summed E-state index contributed by atoms with van der Waals surface area (Å²) in [7, 11) is 3.58. The van der Waals surface area contributed by atoms with Crippen LogP contribution in [0.1, 0.15) is 23.9 Å². The lowest BCUT2D eigenvalue weighted by atomic mass is 10.0. The number of rotatable bonds is 5. The van der Waals surface area contributed by atoms with E-state index in [-0.39, 0.29) is 0 Å². The number of hydrogen-bond acceptors (Lipinski definition) is 3. The zero-order chi connectivity index (χ0) is 13.0. The third-order valence-corrected chi connectivity index (χ3v) is 3.04. The summed E-state index contributed by atoms with van der Waals surface area (Å²) in [5.41, 5.74) is 0.878. The Morgan fingerprint density at radius 1 is 1.44 bits per heavy atom. The van der Waals surface area contributed by atoms with Crippen molar-refractivity contribution in [3.63, 3.8) is 0 Å². The molecule has 1 N–H and O–H groups in total. The minimum absolute atomic E-state index is 0.489. The first-order chi connectivity index (χ1) is 8.70. The normalized spacial score (nSPS) is 12.4. The van der Waals surface area contributed by atoms with E-state index in [2.05, 4.69) is 4.98 Å². The number of aliphatic hydroxyl groups is 1. The predicted molar refractivity (Wildman–Crippen MR) is 69.5 cm³/mol. The second kappa shape index (κ2) is 5.69. The molecule has 0 fully saturated rings. The molecule has 0 bridgehead atoms. The highest BCUT2D eigenvalue weighted by Crippen LogP contribution is 2.22. The summed E-state index contributed by atoms with van der Waals surface area (Å²) in [6, 6.07) is 7.53. The Morgan fingerprint density at radius 2 is 2.28 bits per heavy atom. The smallest absolute Gasteiger partial charge is 0.119 e. The first-order valence-corrected chi connectivity index (χ1v) is 5.99. The van der Waals surface area contributed by atoms with E-state index in [9.17, 15) is 5.11 Å². The largest absolute Gasteiger partial charge is 0.497 e. The molecule has 1 aromatic heterocycles. The van der Waals surface area contributed by atoms with Gasteiger partial charge < -0.3 is 14.4 Å². The molecule has 1 atom stereocenters. The zero-order valence-electron chi connectivity index (χ0n) is 10.7. The molecule has 0 spiro atoms. The molecule has 2 aromatic rings. The van der Waals surface area contributed by atoms with Crippen LogP contribution in [-0.4, -0.2) is 21.8 Å². The molecule has 4 nitrogen and oxygen atoms in total. The number of benzene rings is 1. The molecule has 1 unspecified atom stereocenters. The fourth-order valence-corrected chi connectivity index (χ4v) is 1.92. The lowest BCUT2D eigenvalue weighted by molar-refractivity contribution is 0.166. The first kappa shape index (κ1) is 12.6. The van der Waals surface area contributed by atoms with Crippen LogP contribution in [0.15, 0.2) is 36.7 Å². The number of nitrogens with zero attached hydrogens (tertiary/aromatic N) is 2. The summed E-state index contributed by atoms with van der Waals surface area (Å²) in [6.07, 6.45) is 4.59. The summed E-state index contributed by atoms with van der Waals surface area (Å²) in [6.45, 7) is 0. The van der Waals surface area contributed by atoms with Crippen molar-refractivity contribution in [2.24, 2.45) is 7.05 Å². The van der Waals surface area contributed by atoms with Gasteiger partial charge in [0.15, 0.2) is 0 Å². The van der Waals surface area contributed by atoms with Crippen molar-refractivity contribution in [1.29, 1.82) is 0 Å². The molecule has 0 aliphatic heterocycles. The molecule has 96 valence electrons. The van der Waals surface area contributed by atoms with E-state index in [0.717, 1.165) is 23.6 Å². The topological polar surface area (TPSA) is 47.3 Å². The van der Waals surface area contributed by atoms with Gasteiger partial charge in [0.25, 0.3) is 0 Å². The third-order valence-electron chi connectivity index (χ3n) is 3.04. The monoisotopic (exact) mass is 246 g/mol. The van der Waals surface area contributed by atoms with E-state index < -0.39 is 6.10 Å². The van der Waals surface area contributed by atoms with Crippen molar-refractivity contribution in [2.75, 3.05) is 7.11 Å². The highest BCUT2D eigenvalue weighted by atomic mass is 16.5. The number of aryl methyl sites for hydroxylation is 2. The summed E-state index contributed by atoms with van der Waals surface area (Å²) < 4.78 is 7.12. The van der Waals surface area contributed by atoms with Crippen LogP contribution in [0.3, 0.4) is 0 Å². The maximum absolute atomic E-state index is 10.1. The SMILES string of the molecule is COc1cccc(C(O)CCc2nccn2C)c1. The van der Waals surface area contributed by atoms with E-state index >= 15 is 0 Å². The molecule has 0 saturated heterocycles. The second-order valence-corrected chi connectivity index (χ2v) is 4.29. The Balaban J connectivity index is 1.99. The maximum Gasteiger partial charge on any atom is 0.119 e. The van der Waals surface area contributed by atoms with Crippen molar-refractivity contribution >= 4 is 0 Å². The van der Waals surface area contributed by atoms with Gasteiger partial charge in [-0.15, -0.1) is 0 Å². The Bertz CT molecular complexity index is 508. The van der Waals surface area contributed by atoms with Gasteiger partial charge in [0.2, 0.25) is 0 Å². The van der Waals surface area contributed by atoms with Crippen LogP contribution >= 0.6 is 0 Å². The minimum atomic E-state index is -0.489. The fourth-order valence-electron chi connectivity index (χ4n) is 1.92. The van der Waals surface area contributed by atoms with Crippen LogP contribution in [0.25, 0.3) is 0 Å². The van der Waals surface area contributed by atoms with E-state index in [1.54, 1.807) is 13.3 Å². The van der Waals surface area contributed by atoms with E-state index in [4.69, 9.17) is 4.74 Å². The highest BCUT2D eigenvalue weighted by molar-refractivity contribution is 5.29. The zero-order valence-corrected chi connectivity index (χ0v) is 10.7. The van der Waals surface area contributed by atoms with Crippen molar-refractivity contribution in [3.8, 4) is 5.75 Å². The van der Waals surface area contributed by atoms with Gasteiger partial charge in [-0.3, -0.25) is 0 Å². The standard InChI is InChI=1S/C14H18N2O2/c1-16-9-8-15-14(16)7-6-13(17)11-4-3-5-12(10-11)18-2/h3-5,8-10,13,17H,6-7H2,1-2H3. The van der Waals surface area contributed by atoms with Crippen LogP contribution in [0, 0.1) is 0 Å². The van der Waals surface area contributed by atoms with Gasteiger partial charge >= 0.3 is 0 Å². The predicted octanol–water partition coefficient (Wildman–Crippen LogP) is 2.09. The van der Waals surface area contributed by atoms with Gasteiger partial charge in [-0.1, -0.05) is 12.1 Å². The Kier molecular flexibility index (Phi) is 3.99. The average Bonchev–Trinajstić information content (AvgIpc) is 2.81.